The molecule has 0 spiro atoms. The van der Waals surface area contributed by atoms with Gasteiger partial charge in [-0.2, -0.15) is 16.8 Å². The smallest absolute Gasteiger partial charge is 0.416 e. The maximum Gasteiger partial charge on any atom is 0.416 e. The van der Waals surface area contributed by atoms with Crippen molar-refractivity contribution >= 4 is 16.4 Å². The van der Waals surface area contributed by atoms with E-state index in [1.54, 1.807) is 6.92 Å². The second-order valence-electron chi connectivity index (χ2n) is 4.28. The molecule has 2 unspecified atom stereocenters. The van der Waals surface area contributed by atoms with Gasteiger partial charge in [0.25, 0.3) is 0 Å². The van der Waals surface area contributed by atoms with Crippen molar-refractivity contribution in [1.82, 2.24) is 0 Å². The van der Waals surface area contributed by atoms with Gasteiger partial charge >= 0.3 is 22.3 Å². The first kappa shape index (κ1) is 17.3. The van der Waals surface area contributed by atoms with Gasteiger partial charge in [-0.3, -0.25) is 0 Å². The molecule has 2 atom stereocenters. The van der Waals surface area contributed by atoms with E-state index in [2.05, 4.69) is 8.37 Å². The Bertz CT molecular complexity index is 420. The van der Waals surface area contributed by atoms with Crippen LogP contribution in [0.3, 0.4) is 0 Å². The average Bonchev–Trinajstić information content (AvgIpc) is 2.34. The summed E-state index contributed by atoms with van der Waals surface area (Å²) in [5, 5.41) is 18.0. The summed E-state index contributed by atoms with van der Waals surface area (Å²) in [6.07, 6.45) is -0.0858. The predicted molar refractivity (Wildman–Crippen MR) is 63.3 cm³/mol. The number of hydrogen-bond donors (Lipinski definition) is 2. The summed E-state index contributed by atoms with van der Waals surface area (Å²) in [5.74, 6) is -4.41. The minimum Gasteiger partial charge on any atom is -0.454 e. The molecule has 0 aromatic rings. The van der Waals surface area contributed by atoms with E-state index < -0.39 is 28.4 Å². The fourth-order valence-corrected chi connectivity index (χ4v) is 2.11. The normalized spacial score (nSPS) is 22.6. The molecule has 1 fully saturated rings. The summed E-state index contributed by atoms with van der Waals surface area (Å²) in [6, 6.07) is 0. The Hall–Kier alpha value is -0.780. The Balaban J connectivity index is 2.58. The third kappa shape index (κ3) is 4.36. The second-order valence-corrected chi connectivity index (χ2v) is 5.43. The summed E-state index contributed by atoms with van der Waals surface area (Å²) < 4.78 is 39.2. The third-order valence-corrected chi connectivity index (χ3v) is 3.60. The van der Waals surface area contributed by atoms with Gasteiger partial charge in [0.05, 0.1) is 19.8 Å². The number of carbonyl (C=O) groups excluding carboxylic acids is 1. The second kappa shape index (κ2) is 6.78. The largest absolute Gasteiger partial charge is 0.454 e. The van der Waals surface area contributed by atoms with Crippen LogP contribution in [-0.4, -0.2) is 56.5 Å². The lowest BCUT2D eigenvalue weighted by molar-refractivity contribution is -0.319. The molecule has 9 nitrogen and oxygen atoms in total. The van der Waals surface area contributed by atoms with Crippen LogP contribution in [-0.2, 0) is 33.0 Å². The first-order valence-electron chi connectivity index (χ1n) is 6.02. The molecule has 118 valence electrons. The van der Waals surface area contributed by atoms with Crippen LogP contribution in [0.1, 0.15) is 20.3 Å². The summed E-state index contributed by atoms with van der Waals surface area (Å²) in [7, 11) is -4.33. The minimum atomic E-state index is -4.33. The van der Waals surface area contributed by atoms with Crippen LogP contribution in [0.15, 0.2) is 0 Å². The van der Waals surface area contributed by atoms with Gasteiger partial charge in [0.15, 0.2) is 0 Å². The van der Waals surface area contributed by atoms with Crippen LogP contribution in [0.25, 0.3) is 0 Å². The van der Waals surface area contributed by atoms with E-state index in [4.69, 9.17) is 14.6 Å². The lowest BCUT2D eigenvalue weighted by Crippen LogP contribution is -2.58. The Kier molecular flexibility index (Phi) is 5.86. The first-order chi connectivity index (χ1) is 9.24. The fourth-order valence-electron chi connectivity index (χ4n) is 1.40. The number of ether oxygens (including phenoxy) is 2. The maximum absolute atomic E-state index is 11.6. The van der Waals surface area contributed by atoms with Crippen molar-refractivity contribution in [2.24, 2.45) is 5.92 Å². The molecule has 1 rings (SSSR count). The van der Waals surface area contributed by atoms with Gasteiger partial charge in [-0.25, -0.2) is 4.79 Å². The number of carbonyl (C=O) groups is 1. The highest BCUT2D eigenvalue weighted by atomic mass is 32.3. The van der Waals surface area contributed by atoms with Crippen molar-refractivity contribution in [3.05, 3.63) is 0 Å². The number of esters is 1. The van der Waals surface area contributed by atoms with Crippen molar-refractivity contribution < 1.29 is 41.3 Å². The van der Waals surface area contributed by atoms with Crippen molar-refractivity contribution in [2.45, 2.75) is 32.3 Å². The van der Waals surface area contributed by atoms with E-state index in [1.807, 2.05) is 6.92 Å². The summed E-state index contributed by atoms with van der Waals surface area (Å²) >= 11 is 0. The van der Waals surface area contributed by atoms with E-state index in [1.165, 1.54) is 0 Å². The van der Waals surface area contributed by atoms with Crippen molar-refractivity contribution in [3.8, 4) is 0 Å². The topological polar surface area (TPSA) is 129 Å². The average molecular weight is 314 g/mol. The molecule has 0 bridgehead atoms. The Morgan fingerprint density at radius 2 is 2.00 bits per heavy atom. The zero-order valence-electron chi connectivity index (χ0n) is 11.1. The van der Waals surface area contributed by atoms with E-state index >= 15 is 0 Å². The molecule has 0 aromatic carbocycles. The highest BCUT2D eigenvalue weighted by Crippen LogP contribution is 2.30. The van der Waals surface area contributed by atoms with Crippen LogP contribution in [0.5, 0.6) is 0 Å². The van der Waals surface area contributed by atoms with Gasteiger partial charge in [-0.15, -0.1) is 0 Å². The van der Waals surface area contributed by atoms with Crippen LogP contribution >= 0.6 is 0 Å². The van der Waals surface area contributed by atoms with E-state index in [-0.39, 0.29) is 25.7 Å². The zero-order valence-corrected chi connectivity index (χ0v) is 12.0. The highest BCUT2D eigenvalue weighted by Gasteiger charge is 2.60. The Morgan fingerprint density at radius 3 is 2.45 bits per heavy atom. The molecule has 0 amide bonds. The first-order valence-corrected chi connectivity index (χ1v) is 7.35. The molecule has 2 N–H and O–H groups in total. The third-order valence-electron chi connectivity index (χ3n) is 2.74. The van der Waals surface area contributed by atoms with E-state index in [0.29, 0.717) is 6.42 Å². The molecule has 1 saturated heterocycles. The van der Waals surface area contributed by atoms with Gasteiger partial charge in [-0.1, -0.05) is 13.8 Å². The number of aliphatic hydroxyl groups excluding tert-OH is 1. The van der Waals surface area contributed by atoms with Gasteiger partial charge < -0.3 is 19.7 Å². The van der Waals surface area contributed by atoms with Gasteiger partial charge in [0.2, 0.25) is 0 Å². The molecule has 1 heterocycles. The number of aliphatic hydroxyl groups is 2. The van der Waals surface area contributed by atoms with Crippen LogP contribution in [0.2, 0.25) is 0 Å². The SMILES string of the molecule is CCC(C)C(COCCO)OC(=O)C1(O)OS(=O)(=O)O1. The molecule has 10 heteroatoms. The Labute approximate surface area is 116 Å². The lowest BCUT2D eigenvalue weighted by atomic mass is 10.0. The molecule has 0 radical (unpaired) electrons. The molecular weight excluding hydrogens is 296 g/mol. The lowest BCUT2D eigenvalue weighted by Gasteiger charge is -2.33. The molecule has 20 heavy (non-hydrogen) atoms. The van der Waals surface area contributed by atoms with Crippen molar-refractivity contribution in [3.63, 3.8) is 0 Å². The standard InChI is InChI=1S/C10H18O9S/c1-3-7(2)8(6-16-5-4-11)17-9(12)10(13)18-20(14,15)19-10/h7-8,11,13H,3-6H2,1-2H3. The molecule has 0 aliphatic carbocycles. The van der Waals surface area contributed by atoms with E-state index in [9.17, 15) is 18.3 Å². The van der Waals surface area contributed by atoms with Gasteiger partial charge in [-0.05, 0) is 12.3 Å². The van der Waals surface area contributed by atoms with Gasteiger partial charge in [0, 0.05) is 0 Å². The minimum absolute atomic E-state index is 0.00979. The van der Waals surface area contributed by atoms with Crippen LogP contribution in [0, 0.1) is 5.92 Å². The van der Waals surface area contributed by atoms with E-state index in [0.717, 1.165) is 0 Å². The van der Waals surface area contributed by atoms with Gasteiger partial charge in [0.1, 0.15) is 6.10 Å². The quantitative estimate of drug-likeness (QED) is 0.423. The zero-order chi connectivity index (χ0) is 15.4. The van der Waals surface area contributed by atoms with Crippen LogP contribution in [0.4, 0.5) is 0 Å². The van der Waals surface area contributed by atoms with Crippen molar-refractivity contribution in [2.75, 3.05) is 19.8 Å². The highest BCUT2D eigenvalue weighted by molar-refractivity contribution is 7.82. The monoisotopic (exact) mass is 314 g/mol. The maximum atomic E-state index is 11.6. The molecule has 0 saturated carbocycles. The summed E-state index contributed by atoms with van der Waals surface area (Å²) in [6.45, 7) is 3.51. The molecule has 0 aromatic heterocycles. The summed E-state index contributed by atoms with van der Waals surface area (Å²) in [4.78, 5) is 11.6. The molecular formula is C10H18O9S. The Morgan fingerprint density at radius 1 is 1.40 bits per heavy atom. The fraction of sp³-hybridized carbons (Fsp3) is 0.900. The summed E-state index contributed by atoms with van der Waals surface area (Å²) in [5.41, 5.74) is 0. The molecule has 1 aliphatic rings. The van der Waals surface area contributed by atoms with Crippen molar-refractivity contribution in [1.29, 1.82) is 0 Å². The molecule has 1 aliphatic heterocycles. The van der Waals surface area contributed by atoms with Crippen LogP contribution < -0.4 is 0 Å². The predicted octanol–water partition coefficient (Wildman–Crippen LogP) is -1.11. The number of hydrogen-bond acceptors (Lipinski definition) is 9. The number of rotatable bonds is 8.